The third-order valence-corrected chi connectivity index (χ3v) is 1.43. The summed E-state index contributed by atoms with van der Waals surface area (Å²) in [5, 5.41) is 17.3. The van der Waals surface area contributed by atoms with Crippen molar-refractivity contribution >= 4 is 19.2 Å². The lowest BCUT2D eigenvalue weighted by Crippen LogP contribution is -2.07. The molecule has 1 aromatic rings. The highest BCUT2D eigenvalue weighted by Crippen LogP contribution is 2.04. The first-order chi connectivity index (χ1) is 6.19. The number of aromatic carboxylic acids is 1. The highest BCUT2D eigenvalue weighted by molar-refractivity contribution is 6.32. The molecule has 0 heterocycles. The summed E-state index contributed by atoms with van der Waals surface area (Å²) in [5.74, 6) is -1.12. The molecule has 4 heteroatoms. The van der Waals surface area contributed by atoms with Crippen LogP contribution in [-0.2, 0) is 0 Å². The Bertz CT molecular complexity index is 386. The highest BCUT2D eigenvalue weighted by Gasteiger charge is 2.08. The van der Waals surface area contributed by atoms with Crippen molar-refractivity contribution in [3.05, 3.63) is 29.3 Å². The van der Waals surface area contributed by atoms with Crippen molar-refractivity contribution in [2.75, 3.05) is 0 Å². The van der Waals surface area contributed by atoms with E-state index in [-0.39, 0.29) is 18.9 Å². The van der Waals surface area contributed by atoms with E-state index in [9.17, 15) is 4.79 Å². The van der Waals surface area contributed by atoms with Gasteiger partial charge in [-0.05, 0) is 13.5 Å². The molecule has 1 rings (SSSR count). The molecule has 1 N–H and O–H groups in total. The quantitative estimate of drug-likeness (QED) is 0.594. The van der Waals surface area contributed by atoms with E-state index in [2.05, 4.69) is 0 Å². The Labute approximate surface area is 72.0 Å². The van der Waals surface area contributed by atoms with Gasteiger partial charge < -0.3 is 5.11 Å². The van der Waals surface area contributed by atoms with Gasteiger partial charge in [0.05, 0.1) is 17.2 Å². The Morgan fingerprint density at radius 2 is 2.50 bits per heavy atom. The number of hydrogen-bond acceptors (Lipinski definition) is 2. The normalized spacial score (nSPS) is 9.75. The van der Waals surface area contributed by atoms with Crippen LogP contribution in [0.1, 0.15) is 15.9 Å². The fourth-order valence-electron chi connectivity index (χ4n) is 0.870. The SMILES string of the molecule is [2H]Bc1ccc(C(=O)O)c(C#N)c1. The maximum absolute atomic E-state index is 10.6. The van der Waals surface area contributed by atoms with Gasteiger partial charge >= 0.3 is 5.97 Å². The molecule has 58 valence electrons. The van der Waals surface area contributed by atoms with Gasteiger partial charge in [-0.25, -0.2) is 4.79 Å². The minimum absolute atomic E-state index is 0.0142. The van der Waals surface area contributed by atoms with E-state index in [0.717, 1.165) is 0 Å². The molecule has 0 amide bonds. The number of nitrogens with zero attached hydrogens (tertiary/aromatic N) is 1. The first-order valence-corrected chi connectivity index (χ1v) is 3.24. The summed E-state index contributed by atoms with van der Waals surface area (Å²) in [4.78, 5) is 10.6. The van der Waals surface area contributed by atoms with Crippen LogP contribution in [0.25, 0.3) is 0 Å². The molecule has 0 unspecified atom stereocenters. The Morgan fingerprint density at radius 1 is 1.75 bits per heavy atom. The van der Waals surface area contributed by atoms with Gasteiger partial charge in [0.25, 0.3) is 0 Å². The third-order valence-electron chi connectivity index (χ3n) is 1.43. The van der Waals surface area contributed by atoms with E-state index in [1.165, 1.54) is 18.2 Å². The van der Waals surface area contributed by atoms with Crippen molar-refractivity contribution in [2.24, 2.45) is 0 Å². The molecule has 0 saturated carbocycles. The molecule has 0 fully saturated rings. The van der Waals surface area contributed by atoms with Crippen molar-refractivity contribution in [1.29, 1.82) is 6.60 Å². The Kier molecular flexibility index (Phi) is 1.79. The number of carbonyl (C=O) groups is 1. The average Bonchev–Trinajstić information content (AvgIpc) is 2.16. The zero-order chi connectivity index (χ0) is 9.84. The van der Waals surface area contributed by atoms with E-state index in [1.54, 1.807) is 6.07 Å². The van der Waals surface area contributed by atoms with Gasteiger partial charge in [0.2, 0.25) is 0 Å². The van der Waals surface area contributed by atoms with Crippen molar-refractivity contribution < 1.29 is 9.90 Å². The second kappa shape index (κ2) is 3.10. The van der Waals surface area contributed by atoms with Crippen molar-refractivity contribution in [3.8, 4) is 6.07 Å². The summed E-state index contributed by atoms with van der Waals surface area (Å²) in [7, 11) is 0.0502. The third kappa shape index (κ3) is 1.46. The molecule has 0 aliphatic rings. The van der Waals surface area contributed by atoms with Crippen molar-refractivity contribution in [3.63, 3.8) is 0 Å². The molecule has 0 aromatic heterocycles. The second-order valence-electron chi connectivity index (χ2n) is 2.30. The zero-order valence-electron chi connectivity index (χ0n) is 7.24. The predicted octanol–water partition coefficient (Wildman–Crippen LogP) is -0.485. The standard InChI is InChI=1S/C8H6BNO2/c9-6-1-2-7(8(11)12)5(3-6)4-10/h1-3H,9H2,(H,11,12)/i9D. The number of nitriles is 1. The topological polar surface area (TPSA) is 61.1 Å². The van der Waals surface area contributed by atoms with Crippen LogP contribution in [0.4, 0.5) is 0 Å². The molecule has 3 nitrogen and oxygen atoms in total. The van der Waals surface area contributed by atoms with E-state index < -0.39 is 5.97 Å². The fraction of sp³-hybridized carbons (Fsp3) is 0. The minimum Gasteiger partial charge on any atom is -0.478 e. The summed E-state index contributed by atoms with van der Waals surface area (Å²) in [6.07, 6.45) is 0. The van der Waals surface area contributed by atoms with Crippen LogP contribution in [0.5, 0.6) is 0 Å². The number of hydrogen-bond donors (Lipinski definition) is 1. The fourth-order valence-corrected chi connectivity index (χ4v) is 0.870. The summed E-state index contributed by atoms with van der Waals surface area (Å²) in [6.45, 7) is 0. The summed E-state index contributed by atoms with van der Waals surface area (Å²) >= 11 is 0. The van der Waals surface area contributed by atoms with E-state index in [1.807, 2.05) is 0 Å². The average molecular weight is 160 g/mol. The molecule has 0 aliphatic carbocycles. The molecular formula is C8H6BNO2. The molecule has 0 bridgehead atoms. The molecule has 0 aliphatic heterocycles. The van der Waals surface area contributed by atoms with Crippen molar-refractivity contribution in [2.45, 2.75) is 0 Å². The van der Waals surface area contributed by atoms with E-state index >= 15 is 0 Å². The van der Waals surface area contributed by atoms with Crippen LogP contribution in [0.15, 0.2) is 18.2 Å². The van der Waals surface area contributed by atoms with Crippen LogP contribution in [0.3, 0.4) is 0 Å². The Balaban J connectivity index is 3.26. The lowest BCUT2D eigenvalue weighted by molar-refractivity contribution is 0.0696. The molecule has 0 spiro atoms. The highest BCUT2D eigenvalue weighted by atomic mass is 16.4. The number of rotatable bonds is 2. The monoisotopic (exact) mass is 160 g/mol. The van der Waals surface area contributed by atoms with Gasteiger partial charge in [-0.3, -0.25) is 0 Å². The van der Waals surface area contributed by atoms with Crippen molar-refractivity contribution in [1.82, 2.24) is 0 Å². The Hall–Kier alpha value is -1.76. The van der Waals surface area contributed by atoms with Gasteiger partial charge in [0.15, 0.2) is 0 Å². The lowest BCUT2D eigenvalue weighted by atomic mass is 9.92. The molecule has 0 saturated heterocycles. The first-order valence-electron chi connectivity index (χ1n) is 3.95. The summed E-state index contributed by atoms with van der Waals surface area (Å²) < 4.78 is 7.04. The predicted molar refractivity (Wildman–Crippen MR) is 46.3 cm³/mol. The molecule has 0 radical (unpaired) electrons. The maximum atomic E-state index is 10.6. The number of carboxylic acids is 1. The molecule has 0 atom stereocenters. The summed E-state index contributed by atoms with van der Waals surface area (Å²) in [6, 6.07) is 6.11. The molecular weight excluding hydrogens is 153 g/mol. The Morgan fingerprint density at radius 3 is 3.00 bits per heavy atom. The van der Waals surface area contributed by atoms with Gasteiger partial charge in [0, 0.05) is 0 Å². The van der Waals surface area contributed by atoms with Gasteiger partial charge in [-0.1, -0.05) is 11.5 Å². The smallest absolute Gasteiger partial charge is 0.337 e. The first kappa shape index (κ1) is 6.92. The van der Waals surface area contributed by atoms with Crippen LogP contribution in [-0.4, -0.2) is 20.2 Å². The number of benzene rings is 1. The molecule has 1 aromatic carbocycles. The lowest BCUT2D eigenvalue weighted by Gasteiger charge is -1.98. The summed E-state index contributed by atoms with van der Waals surface area (Å²) in [5.41, 5.74) is 0.735. The van der Waals surface area contributed by atoms with Crippen LogP contribution >= 0.6 is 0 Å². The maximum Gasteiger partial charge on any atom is 0.337 e. The largest absolute Gasteiger partial charge is 0.478 e. The van der Waals surface area contributed by atoms with Crippen LogP contribution < -0.4 is 5.46 Å². The van der Waals surface area contributed by atoms with Gasteiger partial charge in [0.1, 0.15) is 7.81 Å². The van der Waals surface area contributed by atoms with Crippen LogP contribution in [0.2, 0.25) is 0 Å². The van der Waals surface area contributed by atoms with Gasteiger partial charge in [-0.2, -0.15) is 5.26 Å². The van der Waals surface area contributed by atoms with Crippen LogP contribution in [0, 0.1) is 11.3 Å². The number of carboxylic acid groups (broad SMARTS) is 1. The zero-order valence-corrected chi connectivity index (χ0v) is 6.24. The van der Waals surface area contributed by atoms with Gasteiger partial charge in [-0.15, -0.1) is 0 Å². The minimum atomic E-state index is -1.12. The second-order valence-corrected chi connectivity index (χ2v) is 2.30. The van der Waals surface area contributed by atoms with E-state index in [0.29, 0.717) is 5.46 Å². The molecule has 12 heavy (non-hydrogen) atoms. The van der Waals surface area contributed by atoms with E-state index in [4.69, 9.17) is 11.7 Å².